The van der Waals surface area contributed by atoms with E-state index in [2.05, 4.69) is 55.3 Å². The maximum Gasteiger partial charge on any atom is 0.227 e. The molecule has 2 aromatic heterocycles. The van der Waals surface area contributed by atoms with Gasteiger partial charge in [-0.25, -0.2) is 18.7 Å². The van der Waals surface area contributed by atoms with Gasteiger partial charge in [0.1, 0.15) is 12.1 Å². The fourth-order valence-electron chi connectivity index (χ4n) is 4.44. The number of rotatable bonds is 5. The summed E-state index contributed by atoms with van der Waals surface area (Å²) >= 11 is 0. The van der Waals surface area contributed by atoms with Gasteiger partial charge in [0.2, 0.25) is 5.88 Å². The van der Waals surface area contributed by atoms with E-state index in [1.807, 2.05) is 0 Å². The van der Waals surface area contributed by atoms with Crippen LogP contribution in [-0.4, -0.2) is 64.0 Å². The van der Waals surface area contributed by atoms with E-state index in [1.54, 1.807) is 19.9 Å². The molecule has 1 fully saturated rings. The quantitative estimate of drug-likeness (QED) is 0.577. The highest BCUT2D eigenvalue weighted by molar-refractivity contribution is 5.83. The average molecular weight is 467 g/mol. The lowest BCUT2D eigenvalue weighted by atomic mass is 10.0. The number of aromatic amines is 1. The molecule has 0 saturated carbocycles. The number of aromatic nitrogens is 3. The number of piperazine rings is 1. The minimum atomic E-state index is -0.638. The third kappa shape index (κ3) is 4.41. The molecule has 34 heavy (non-hydrogen) atoms. The molecule has 3 aromatic rings. The molecule has 0 radical (unpaired) electrons. The predicted molar refractivity (Wildman–Crippen MR) is 128 cm³/mol. The summed E-state index contributed by atoms with van der Waals surface area (Å²) in [5.74, 6) is -0.724. The van der Waals surface area contributed by atoms with E-state index >= 15 is 0 Å². The van der Waals surface area contributed by atoms with Crippen LogP contribution >= 0.6 is 0 Å². The maximum atomic E-state index is 15.0. The van der Waals surface area contributed by atoms with Crippen LogP contribution in [0, 0.1) is 25.5 Å². The number of nitrogens with zero attached hydrogens (tertiary/aromatic N) is 4. The van der Waals surface area contributed by atoms with Gasteiger partial charge in [0, 0.05) is 55.1 Å². The number of likely N-dealkylation sites (N-methyl/N-ethyl adjacent to an activating group) is 1. The highest BCUT2D eigenvalue weighted by Gasteiger charge is 2.22. The second kappa shape index (κ2) is 9.15. The van der Waals surface area contributed by atoms with Gasteiger partial charge in [-0.3, -0.25) is 4.90 Å². The monoisotopic (exact) mass is 466 g/mol. The number of nitrogens with one attached hydrogen (secondary N) is 2. The molecule has 2 N–H and O–H groups in total. The van der Waals surface area contributed by atoms with Crippen LogP contribution < -0.4 is 10.1 Å². The third-order valence-corrected chi connectivity index (χ3v) is 6.49. The first-order valence-electron chi connectivity index (χ1n) is 11.4. The van der Waals surface area contributed by atoms with Gasteiger partial charge in [0.25, 0.3) is 0 Å². The average Bonchev–Trinajstić information content (AvgIpc) is 3.23. The molecular formula is C25H28F2N6O. The predicted octanol–water partition coefficient (Wildman–Crippen LogP) is 4.52. The second-order valence-corrected chi connectivity index (χ2v) is 8.95. The number of H-pyrrole nitrogens is 1. The van der Waals surface area contributed by atoms with Crippen LogP contribution in [0.5, 0.6) is 11.6 Å². The van der Waals surface area contributed by atoms with E-state index < -0.39 is 11.6 Å². The summed E-state index contributed by atoms with van der Waals surface area (Å²) in [6.45, 7) is 7.84. The number of ether oxygens (including phenoxy) is 1. The molecule has 1 atom stereocenters. The Kier molecular flexibility index (Phi) is 6.05. The molecule has 1 aliphatic heterocycles. The van der Waals surface area contributed by atoms with Crippen molar-refractivity contribution >= 4 is 16.7 Å². The molecule has 0 spiro atoms. The van der Waals surface area contributed by atoms with E-state index in [0.29, 0.717) is 23.1 Å². The number of hydrogen-bond donors (Lipinski definition) is 2. The molecule has 5 rings (SSSR count). The fraction of sp³-hybridized carbons (Fsp3) is 0.360. The number of fused-ring (bicyclic) bond motifs is 1. The van der Waals surface area contributed by atoms with Gasteiger partial charge >= 0.3 is 0 Å². The third-order valence-electron chi connectivity index (χ3n) is 6.49. The Bertz CT molecular complexity index is 1280. The van der Waals surface area contributed by atoms with Crippen molar-refractivity contribution in [1.29, 1.82) is 0 Å². The van der Waals surface area contributed by atoms with E-state index in [-0.39, 0.29) is 22.5 Å². The summed E-state index contributed by atoms with van der Waals surface area (Å²) in [5.41, 5.74) is 2.32. The van der Waals surface area contributed by atoms with Crippen LogP contribution in [0.25, 0.3) is 10.9 Å². The van der Waals surface area contributed by atoms with Crippen molar-refractivity contribution in [2.24, 2.45) is 0 Å². The van der Waals surface area contributed by atoms with Crippen LogP contribution in [0.4, 0.5) is 14.6 Å². The van der Waals surface area contributed by atoms with Gasteiger partial charge in [-0.2, -0.15) is 0 Å². The van der Waals surface area contributed by atoms with Crippen molar-refractivity contribution in [3.05, 3.63) is 65.3 Å². The topological polar surface area (TPSA) is 69.3 Å². The zero-order valence-electron chi connectivity index (χ0n) is 19.5. The lowest BCUT2D eigenvalue weighted by molar-refractivity contribution is 0.130. The number of halogens is 2. The first-order chi connectivity index (χ1) is 16.4. The number of anilines is 1. The van der Waals surface area contributed by atoms with Crippen LogP contribution in [0.1, 0.15) is 17.7 Å². The Labute approximate surface area is 197 Å². The Balaban J connectivity index is 1.31. The zero-order valence-corrected chi connectivity index (χ0v) is 19.5. The van der Waals surface area contributed by atoms with Gasteiger partial charge in [-0.1, -0.05) is 12.2 Å². The SMILES string of the molecule is Cc1cc2c(F)c(Oc3ncnc(NC4=CCC(N5CCN(C)CC5)C=C4)c3C)cc(F)c2[nH]1. The van der Waals surface area contributed by atoms with Gasteiger partial charge < -0.3 is 19.9 Å². The van der Waals surface area contributed by atoms with Gasteiger partial charge in [0.05, 0.1) is 11.1 Å². The van der Waals surface area contributed by atoms with Gasteiger partial charge in [0.15, 0.2) is 17.4 Å². The molecule has 2 aliphatic rings. The lowest BCUT2D eigenvalue weighted by Crippen LogP contribution is -2.48. The van der Waals surface area contributed by atoms with Crippen LogP contribution in [0.2, 0.25) is 0 Å². The molecule has 1 unspecified atom stereocenters. The van der Waals surface area contributed by atoms with Crippen molar-refractivity contribution in [3.8, 4) is 11.6 Å². The standard InChI is InChI=1S/C25H28F2N6O/c1-15-12-19-22(27)21(13-20(26)23(19)30-15)34-25-16(2)24(28-14-29-25)31-17-4-6-18(7-5-17)33-10-8-32(3)9-11-33/h4-6,12-14,18,30H,7-11H2,1-3H3,(H,28,29,31). The molecule has 178 valence electrons. The summed E-state index contributed by atoms with van der Waals surface area (Å²) in [6.07, 6.45) is 8.69. The highest BCUT2D eigenvalue weighted by atomic mass is 19.1. The van der Waals surface area contributed by atoms with Crippen molar-refractivity contribution in [3.63, 3.8) is 0 Å². The summed E-state index contributed by atoms with van der Waals surface area (Å²) in [4.78, 5) is 16.1. The van der Waals surface area contributed by atoms with Crippen molar-refractivity contribution in [1.82, 2.24) is 24.8 Å². The van der Waals surface area contributed by atoms with E-state index in [9.17, 15) is 8.78 Å². The van der Waals surface area contributed by atoms with Gasteiger partial charge in [-0.15, -0.1) is 0 Å². The highest BCUT2D eigenvalue weighted by Crippen LogP contribution is 2.34. The van der Waals surface area contributed by atoms with E-state index in [1.165, 1.54) is 6.33 Å². The Morgan fingerprint density at radius 3 is 2.65 bits per heavy atom. The molecular weight excluding hydrogens is 438 g/mol. The second-order valence-electron chi connectivity index (χ2n) is 8.95. The summed E-state index contributed by atoms with van der Waals surface area (Å²) in [6, 6.07) is 2.99. The summed E-state index contributed by atoms with van der Waals surface area (Å²) in [7, 11) is 2.16. The van der Waals surface area contributed by atoms with Crippen molar-refractivity contribution in [2.75, 3.05) is 38.5 Å². The molecule has 0 amide bonds. The number of benzene rings is 1. The molecule has 0 bridgehead atoms. The molecule has 1 aromatic carbocycles. The van der Waals surface area contributed by atoms with Gasteiger partial charge in [-0.05, 0) is 39.5 Å². The van der Waals surface area contributed by atoms with Crippen LogP contribution in [0.3, 0.4) is 0 Å². The summed E-state index contributed by atoms with van der Waals surface area (Å²) < 4.78 is 35.1. The minimum Gasteiger partial charge on any atom is -0.435 e. The minimum absolute atomic E-state index is 0.120. The first kappa shape index (κ1) is 22.5. The zero-order chi connectivity index (χ0) is 23.8. The normalized spacial score (nSPS) is 19.4. The largest absolute Gasteiger partial charge is 0.435 e. The lowest BCUT2D eigenvalue weighted by Gasteiger charge is -2.37. The molecule has 7 nitrogen and oxygen atoms in total. The smallest absolute Gasteiger partial charge is 0.227 e. The number of allylic oxidation sites excluding steroid dienone is 1. The summed E-state index contributed by atoms with van der Waals surface area (Å²) in [5, 5.41) is 3.45. The first-order valence-corrected chi connectivity index (χ1v) is 11.4. The van der Waals surface area contributed by atoms with E-state index in [0.717, 1.165) is 44.4 Å². The number of aryl methyl sites for hydroxylation is 1. The van der Waals surface area contributed by atoms with E-state index in [4.69, 9.17) is 4.74 Å². The Hall–Kier alpha value is -3.30. The fourth-order valence-corrected chi connectivity index (χ4v) is 4.44. The van der Waals surface area contributed by atoms with Crippen molar-refractivity contribution in [2.45, 2.75) is 26.3 Å². The molecule has 1 saturated heterocycles. The Morgan fingerprint density at radius 2 is 1.91 bits per heavy atom. The molecule has 3 heterocycles. The van der Waals surface area contributed by atoms with Crippen molar-refractivity contribution < 1.29 is 13.5 Å². The molecule has 9 heteroatoms. The Morgan fingerprint density at radius 1 is 1.12 bits per heavy atom. The van der Waals surface area contributed by atoms with Crippen LogP contribution in [-0.2, 0) is 0 Å². The number of hydrogen-bond acceptors (Lipinski definition) is 6. The maximum absolute atomic E-state index is 15.0. The molecule has 1 aliphatic carbocycles. The van der Waals surface area contributed by atoms with Crippen LogP contribution in [0.15, 0.2) is 42.4 Å².